The van der Waals surface area contributed by atoms with Gasteiger partial charge >= 0.3 is 10.2 Å². The van der Waals surface area contributed by atoms with Gasteiger partial charge in [-0.25, -0.2) is 12.8 Å². The predicted molar refractivity (Wildman–Crippen MR) is 137 cm³/mol. The molecule has 0 saturated heterocycles. The summed E-state index contributed by atoms with van der Waals surface area (Å²) in [6.45, 7) is 1.65. The SMILES string of the molecule is C[C@@H](NC(=O)c1ccc(CN(c2ccccc2F)S(=O)(=O)N(C)C)cc1)c1ccc(S(C)(=O)=O)cc1. The number of benzene rings is 3. The van der Waals surface area contributed by atoms with Gasteiger partial charge in [-0.05, 0) is 54.4 Å². The number of nitrogens with zero attached hydrogens (tertiary/aromatic N) is 2. The second kappa shape index (κ2) is 10.8. The number of hydrogen-bond donors (Lipinski definition) is 1. The summed E-state index contributed by atoms with van der Waals surface area (Å²) in [5, 5.41) is 2.85. The first kappa shape index (κ1) is 27.3. The Morgan fingerprint density at radius 2 is 1.50 bits per heavy atom. The molecule has 11 heteroatoms. The van der Waals surface area contributed by atoms with E-state index >= 15 is 0 Å². The largest absolute Gasteiger partial charge is 0.346 e. The minimum Gasteiger partial charge on any atom is -0.346 e. The molecule has 0 aliphatic heterocycles. The van der Waals surface area contributed by atoms with E-state index in [0.29, 0.717) is 11.1 Å². The second-order valence-electron chi connectivity index (χ2n) is 8.48. The van der Waals surface area contributed by atoms with Crippen LogP contribution in [0.5, 0.6) is 0 Å². The lowest BCUT2D eigenvalue weighted by Crippen LogP contribution is -2.40. The van der Waals surface area contributed by atoms with Gasteiger partial charge in [0.15, 0.2) is 9.84 Å². The van der Waals surface area contributed by atoms with Gasteiger partial charge in [0.2, 0.25) is 0 Å². The number of carbonyl (C=O) groups excluding carboxylic acids is 1. The van der Waals surface area contributed by atoms with Crippen LogP contribution in [-0.4, -0.2) is 47.4 Å². The number of hydrogen-bond acceptors (Lipinski definition) is 5. The van der Waals surface area contributed by atoms with Crippen LogP contribution >= 0.6 is 0 Å². The van der Waals surface area contributed by atoms with E-state index in [1.807, 2.05) is 0 Å². The third-order valence-corrected chi connectivity index (χ3v) is 8.49. The van der Waals surface area contributed by atoms with Crippen LogP contribution in [0.25, 0.3) is 0 Å². The molecule has 3 rings (SSSR count). The highest BCUT2D eigenvalue weighted by atomic mass is 32.2. The molecule has 0 aromatic heterocycles. The lowest BCUT2D eigenvalue weighted by molar-refractivity contribution is 0.0940. The first-order valence-corrected chi connectivity index (χ1v) is 14.2. The minimum absolute atomic E-state index is 0.0799. The molecule has 8 nitrogen and oxygen atoms in total. The lowest BCUT2D eigenvalue weighted by atomic mass is 10.1. The Balaban J connectivity index is 1.76. The van der Waals surface area contributed by atoms with Crippen LogP contribution in [0.2, 0.25) is 0 Å². The van der Waals surface area contributed by atoms with Gasteiger partial charge in [-0.1, -0.05) is 36.4 Å². The number of sulfone groups is 1. The summed E-state index contributed by atoms with van der Waals surface area (Å²) >= 11 is 0. The number of anilines is 1. The van der Waals surface area contributed by atoms with Gasteiger partial charge in [-0.3, -0.25) is 9.10 Å². The van der Waals surface area contributed by atoms with E-state index in [1.165, 1.54) is 44.4 Å². The van der Waals surface area contributed by atoms with Crippen molar-refractivity contribution < 1.29 is 26.0 Å². The maximum absolute atomic E-state index is 14.4. The Hall–Kier alpha value is -3.28. The molecule has 0 bridgehead atoms. The molecular formula is C25H28FN3O5S2. The number of halogens is 1. The van der Waals surface area contributed by atoms with E-state index in [2.05, 4.69) is 5.32 Å². The highest BCUT2D eigenvalue weighted by molar-refractivity contribution is 7.90. The Kier molecular flexibility index (Phi) is 8.17. The van der Waals surface area contributed by atoms with Crippen molar-refractivity contribution in [1.82, 2.24) is 9.62 Å². The molecule has 0 fully saturated rings. The average molecular weight is 534 g/mol. The molecule has 36 heavy (non-hydrogen) atoms. The standard InChI is InChI=1S/C25H28FN3O5S2/c1-18(20-13-15-22(16-14-20)35(4,31)32)27-25(30)21-11-9-19(10-12-21)17-29(36(33,34)28(2)3)24-8-6-5-7-23(24)26/h5-16,18H,17H2,1-4H3,(H,27,30)/t18-/m1/s1. The molecule has 3 aromatic carbocycles. The van der Waals surface area contributed by atoms with Gasteiger partial charge < -0.3 is 5.32 Å². The van der Waals surface area contributed by atoms with Crippen molar-refractivity contribution >= 4 is 31.6 Å². The molecule has 0 heterocycles. The van der Waals surface area contributed by atoms with Crippen LogP contribution in [0, 0.1) is 5.82 Å². The van der Waals surface area contributed by atoms with Gasteiger partial charge in [0.1, 0.15) is 5.82 Å². The zero-order chi connectivity index (χ0) is 26.7. The maximum Gasteiger partial charge on any atom is 0.303 e. The topological polar surface area (TPSA) is 104 Å². The summed E-state index contributed by atoms with van der Waals surface area (Å²) in [4.78, 5) is 12.9. The van der Waals surface area contributed by atoms with Crippen LogP contribution in [0.4, 0.5) is 10.1 Å². The van der Waals surface area contributed by atoms with Gasteiger partial charge in [0.25, 0.3) is 5.91 Å². The van der Waals surface area contributed by atoms with Crippen LogP contribution in [0.15, 0.2) is 77.7 Å². The number of amides is 1. The molecule has 0 spiro atoms. The minimum atomic E-state index is -3.99. The van der Waals surface area contributed by atoms with E-state index in [1.54, 1.807) is 49.4 Å². The molecule has 1 N–H and O–H groups in total. The van der Waals surface area contributed by atoms with Crippen LogP contribution in [0.1, 0.15) is 34.5 Å². The quantitative estimate of drug-likeness (QED) is 0.453. The zero-order valence-corrected chi connectivity index (χ0v) is 22.0. The Labute approximate surface area is 211 Å². The summed E-state index contributed by atoms with van der Waals surface area (Å²) in [5.74, 6) is -1.02. The van der Waals surface area contributed by atoms with Crippen molar-refractivity contribution in [3.05, 3.63) is 95.3 Å². The van der Waals surface area contributed by atoms with Gasteiger partial charge in [0, 0.05) is 25.9 Å². The highest BCUT2D eigenvalue weighted by Crippen LogP contribution is 2.25. The van der Waals surface area contributed by atoms with Crippen molar-refractivity contribution in [3.63, 3.8) is 0 Å². The fourth-order valence-corrected chi connectivity index (χ4v) is 5.17. The van der Waals surface area contributed by atoms with Crippen LogP contribution < -0.4 is 9.62 Å². The molecule has 0 aliphatic rings. The molecule has 0 unspecified atom stereocenters. The van der Waals surface area contributed by atoms with E-state index in [4.69, 9.17) is 0 Å². The Morgan fingerprint density at radius 1 is 0.917 bits per heavy atom. The van der Waals surface area contributed by atoms with Gasteiger partial charge in [-0.15, -0.1) is 0 Å². The monoisotopic (exact) mass is 533 g/mol. The number of carbonyl (C=O) groups is 1. The molecule has 0 aliphatic carbocycles. The molecule has 1 amide bonds. The predicted octanol–water partition coefficient (Wildman–Crippen LogP) is 3.53. The normalized spacial score (nSPS) is 12.8. The van der Waals surface area contributed by atoms with E-state index in [-0.39, 0.29) is 29.1 Å². The smallest absolute Gasteiger partial charge is 0.303 e. The van der Waals surface area contributed by atoms with E-state index in [9.17, 15) is 26.0 Å². The van der Waals surface area contributed by atoms with Gasteiger partial charge in [-0.2, -0.15) is 12.7 Å². The Morgan fingerprint density at radius 3 is 2.03 bits per heavy atom. The van der Waals surface area contributed by atoms with Crippen molar-refractivity contribution in [2.45, 2.75) is 24.4 Å². The fraction of sp³-hybridized carbons (Fsp3) is 0.240. The molecule has 192 valence electrons. The molecule has 1 atom stereocenters. The summed E-state index contributed by atoms with van der Waals surface area (Å²) in [6.07, 6.45) is 1.13. The van der Waals surface area contributed by atoms with Crippen molar-refractivity contribution in [3.8, 4) is 0 Å². The van der Waals surface area contributed by atoms with Crippen molar-refractivity contribution in [1.29, 1.82) is 0 Å². The molecule has 3 aromatic rings. The van der Waals surface area contributed by atoms with E-state index in [0.717, 1.165) is 20.4 Å². The molecular weight excluding hydrogens is 505 g/mol. The summed E-state index contributed by atoms with van der Waals surface area (Å²) in [6, 6.07) is 17.9. The number of nitrogens with one attached hydrogen (secondary N) is 1. The third-order valence-electron chi connectivity index (χ3n) is 5.56. The average Bonchev–Trinajstić information content (AvgIpc) is 2.82. The maximum atomic E-state index is 14.4. The second-order valence-corrected chi connectivity index (χ2v) is 12.6. The van der Waals surface area contributed by atoms with Gasteiger partial charge in [0.05, 0.1) is 23.2 Å². The first-order chi connectivity index (χ1) is 16.8. The van der Waals surface area contributed by atoms with Crippen molar-refractivity contribution in [2.24, 2.45) is 0 Å². The first-order valence-electron chi connectivity index (χ1n) is 10.9. The number of para-hydroxylation sites is 1. The highest BCUT2D eigenvalue weighted by Gasteiger charge is 2.27. The van der Waals surface area contributed by atoms with Crippen LogP contribution in [-0.2, 0) is 26.6 Å². The van der Waals surface area contributed by atoms with Crippen molar-refractivity contribution in [2.75, 3.05) is 24.7 Å². The summed E-state index contributed by atoms with van der Waals surface area (Å²) in [7, 11) is -4.56. The number of rotatable bonds is 9. The zero-order valence-electron chi connectivity index (χ0n) is 20.3. The Bertz CT molecular complexity index is 1440. The summed E-state index contributed by atoms with van der Waals surface area (Å²) < 4.78 is 65.4. The van der Waals surface area contributed by atoms with E-state index < -0.39 is 25.9 Å². The lowest BCUT2D eigenvalue weighted by Gasteiger charge is -2.27. The summed E-state index contributed by atoms with van der Waals surface area (Å²) in [5.41, 5.74) is 1.57. The molecule has 0 radical (unpaired) electrons. The molecule has 0 saturated carbocycles. The fourth-order valence-electron chi connectivity index (χ4n) is 3.44. The third kappa shape index (κ3) is 6.28. The van der Waals surface area contributed by atoms with Crippen LogP contribution in [0.3, 0.4) is 0 Å².